The topological polar surface area (TPSA) is 130 Å². The van der Waals surface area contributed by atoms with Gasteiger partial charge in [-0.15, -0.1) is 0 Å². The van der Waals surface area contributed by atoms with E-state index in [0.717, 1.165) is 0 Å². The summed E-state index contributed by atoms with van der Waals surface area (Å²) in [7, 11) is 0. The van der Waals surface area contributed by atoms with Crippen molar-refractivity contribution < 1.29 is 24.6 Å². The van der Waals surface area contributed by atoms with Gasteiger partial charge in [-0.2, -0.15) is 0 Å². The third-order valence-corrected chi connectivity index (χ3v) is 2.16. The van der Waals surface area contributed by atoms with Gasteiger partial charge in [0, 0.05) is 11.3 Å². The van der Waals surface area contributed by atoms with Crippen molar-refractivity contribution in [2.24, 2.45) is 0 Å². The first kappa shape index (κ1) is 13.5. The van der Waals surface area contributed by atoms with Crippen LogP contribution in [-0.2, 0) is 9.59 Å². The average Bonchev–Trinajstić information content (AvgIpc) is 2.28. The molecular formula is C11H12N2O5. The van der Waals surface area contributed by atoms with E-state index in [9.17, 15) is 14.4 Å². The number of carbonyl (C=O) groups is 3. The van der Waals surface area contributed by atoms with Gasteiger partial charge in [-0.05, 0) is 24.3 Å². The zero-order valence-electron chi connectivity index (χ0n) is 9.29. The lowest BCUT2D eigenvalue weighted by Gasteiger charge is -2.12. The van der Waals surface area contributed by atoms with Crippen molar-refractivity contribution in [3.8, 4) is 0 Å². The summed E-state index contributed by atoms with van der Waals surface area (Å²) in [4.78, 5) is 32.8. The second-order valence-corrected chi connectivity index (χ2v) is 3.58. The summed E-state index contributed by atoms with van der Waals surface area (Å²) in [5.41, 5.74) is 6.11. The van der Waals surface area contributed by atoms with E-state index in [2.05, 4.69) is 5.32 Å². The first-order chi connectivity index (χ1) is 8.40. The number of nitrogen functional groups attached to an aromatic ring is 1. The van der Waals surface area contributed by atoms with Crippen LogP contribution in [-0.4, -0.2) is 34.1 Å². The smallest absolute Gasteiger partial charge is 0.326 e. The molecule has 0 aromatic heterocycles. The molecule has 96 valence electrons. The standard InChI is InChI=1S/C11H12N2O5/c12-7-3-1-6(2-4-7)10(16)13-8(11(17)18)5-9(14)15/h1-4,8H,5,12H2,(H,13,16)(H,14,15)(H,17,18). The number of nitrogens with one attached hydrogen (secondary N) is 1. The molecule has 1 rings (SSSR count). The Morgan fingerprint density at radius 2 is 1.72 bits per heavy atom. The summed E-state index contributed by atoms with van der Waals surface area (Å²) in [6, 6.07) is 4.35. The Kier molecular flexibility index (Phi) is 4.25. The second kappa shape index (κ2) is 5.67. The van der Waals surface area contributed by atoms with Crippen molar-refractivity contribution in [3.63, 3.8) is 0 Å². The Bertz CT molecular complexity index is 469. The number of carbonyl (C=O) groups excluding carboxylic acids is 1. The van der Waals surface area contributed by atoms with Gasteiger partial charge in [-0.1, -0.05) is 0 Å². The van der Waals surface area contributed by atoms with E-state index in [1.807, 2.05) is 0 Å². The summed E-state index contributed by atoms with van der Waals surface area (Å²) >= 11 is 0. The zero-order chi connectivity index (χ0) is 13.7. The van der Waals surface area contributed by atoms with Crippen LogP contribution in [0.4, 0.5) is 5.69 Å². The largest absolute Gasteiger partial charge is 0.481 e. The van der Waals surface area contributed by atoms with Crippen molar-refractivity contribution in [1.82, 2.24) is 5.32 Å². The van der Waals surface area contributed by atoms with Gasteiger partial charge >= 0.3 is 11.9 Å². The number of rotatable bonds is 5. The number of carboxylic acids is 2. The van der Waals surface area contributed by atoms with Gasteiger partial charge in [0.15, 0.2) is 0 Å². The maximum absolute atomic E-state index is 11.6. The molecule has 0 aliphatic carbocycles. The fourth-order valence-corrected chi connectivity index (χ4v) is 1.25. The minimum absolute atomic E-state index is 0.209. The number of anilines is 1. The van der Waals surface area contributed by atoms with Gasteiger partial charge in [0.05, 0.1) is 6.42 Å². The minimum Gasteiger partial charge on any atom is -0.481 e. The molecule has 1 aromatic carbocycles. The molecular weight excluding hydrogens is 240 g/mol. The average molecular weight is 252 g/mol. The maximum atomic E-state index is 11.6. The third kappa shape index (κ3) is 3.78. The van der Waals surface area contributed by atoms with Gasteiger partial charge in [0.2, 0.25) is 0 Å². The lowest BCUT2D eigenvalue weighted by atomic mass is 10.1. The molecule has 0 fully saturated rings. The Balaban J connectivity index is 2.75. The number of aliphatic carboxylic acids is 2. The van der Waals surface area contributed by atoms with Crippen LogP contribution >= 0.6 is 0 Å². The highest BCUT2D eigenvalue weighted by atomic mass is 16.4. The van der Waals surface area contributed by atoms with Gasteiger partial charge in [0.1, 0.15) is 6.04 Å². The number of carboxylic acid groups (broad SMARTS) is 2. The number of nitrogens with two attached hydrogens (primary N) is 1. The fourth-order valence-electron chi connectivity index (χ4n) is 1.25. The Morgan fingerprint density at radius 1 is 1.17 bits per heavy atom. The molecule has 18 heavy (non-hydrogen) atoms. The van der Waals surface area contributed by atoms with Gasteiger partial charge in [0.25, 0.3) is 5.91 Å². The molecule has 7 nitrogen and oxygen atoms in total. The number of hydrogen-bond donors (Lipinski definition) is 4. The van der Waals surface area contributed by atoms with E-state index >= 15 is 0 Å². The number of benzene rings is 1. The summed E-state index contributed by atoms with van der Waals surface area (Å²) < 4.78 is 0. The lowest BCUT2D eigenvalue weighted by molar-refractivity contribution is -0.145. The molecule has 0 aliphatic rings. The van der Waals surface area contributed by atoms with Crippen LogP contribution in [0.2, 0.25) is 0 Å². The Labute approximate surface area is 102 Å². The predicted octanol–water partition coefficient (Wildman–Crippen LogP) is -0.0735. The van der Waals surface area contributed by atoms with E-state index in [-0.39, 0.29) is 5.56 Å². The highest BCUT2D eigenvalue weighted by Crippen LogP contribution is 2.06. The molecule has 1 unspecified atom stereocenters. The number of amides is 1. The van der Waals surface area contributed by atoms with E-state index in [1.54, 1.807) is 0 Å². The highest BCUT2D eigenvalue weighted by Gasteiger charge is 2.23. The van der Waals surface area contributed by atoms with Crippen molar-refractivity contribution in [2.45, 2.75) is 12.5 Å². The van der Waals surface area contributed by atoms with Crippen LogP contribution in [0, 0.1) is 0 Å². The molecule has 0 saturated carbocycles. The first-order valence-electron chi connectivity index (χ1n) is 5.01. The summed E-state index contributed by atoms with van der Waals surface area (Å²) in [6.07, 6.45) is -0.684. The van der Waals surface area contributed by atoms with Gasteiger partial charge in [-0.3, -0.25) is 9.59 Å². The summed E-state index contributed by atoms with van der Waals surface area (Å²) in [5.74, 6) is -3.37. The van der Waals surface area contributed by atoms with Crippen LogP contribution in [0.3, 0.4) is 0 Å². The first-order valence-corrected chi connectivity index (χ1v) is 5.01. The minimum atomic E-state index is -1.47. The molecule has 1 amide bonds. The van der Waals surface area contributed by atoms with Crippen molar-refractivity contribution in [2.75, 3.05) is 5.73 Å². The lowest BCUT2D eigenvalue weighted by Crippen LogP contribution is -2.42. The summed E-state index contributed by atoms with van der Waals surface area (Å²) in [5, 5.41) is 19.4. The molecule has 1 aromatic rings. The molecule has 0 spiro atoms. The van der Waals surface area contributed by atoms with Crippen LogP contribution in [0.1, 0.15) is 16.8 Å². The van der Waals surface area contributed by atoms with Crippen LogP contribution in [0.5, 0.6) is 0 Å². The molecule has 0 heterocycles. The Hall–Kier alpha value is -2.57. The number of hydrogen-bond acceptors (Lipinski definition) is 4. The molecule has 0 saturated heterocycles. The molecule has 7 heteroatoms. The van der Waals surface area contributed by atoms with Crippen LogP contribution in [0.15, 0.2) is 24.3 Å². The van der Waals surface area contributed by atoms with E-state index in [1.165, 1.54) is 24.3 Å². The maximum Gasteiger partial charge on any atom is 0.326 e. The van der Waals surface area contributed by atoms with Crippen molar-refractivity contribution in [1.29, 1.82) is 0 Å². The molecule has 1 atom stereocenters. The van der Waals surface area contributed by atoms with Crippen LogP contribution in [0.25, 0.3) is 0 Å². The Morgan fingerprint density at radius 3 is 2.17 bits per heavy atom. The predicted molar refractivity (Wildman–Crippen MR) is 62.0 cm³/mol. The fraction of sp³-hybridized carbons (Fsp3) is 0.182. The van der Waals surface area contributed by atoms with Crippen molar-refractivity contribution in [3.05, 3.63) is 29.8 Å². The highest BCUT2D eigenvalue weighted by molar-refractivity contribution is 5.97. The SMILES string of the molecule is Nc1ccc(C(=O)NC(CC(=O)O)C(=O)O)cc1. The van der Waals surface area contributed by atoms with Crippen LogP contribution < -0.4 is 11.1 Å². The third-order valence-electron chi connectivity index (χ3n) is 2.16. The molecule has 5 N–H and O–H groups in total. The molecule has 0 aliphatic heterocycles. The normalized spacial score (nSPS) is 11.6. The monoisotopic (exact) mass is 252 g/mol. The summed E-state index contributed by atoms with van der Waals surface area (Å²) in [6.45, 7) is 0. The zero-order valence-corrected chi connectivity index (χ0v) is 9.29. The van der Waals surface area contributed by atoms with E-state index in [0.29, 0.717) is 5.69 Å². The van der Waals surface area contributed by atoms with E-state index in [4.69, 9.17) is 15.9 Å². The van der Waals surface area contributed by atoms with Gasteiger partial charge in [-0.25, -0.2) is 4.79 Å². The molecule has 0 bridgehead atoms. The molecule has 0 radical (unpaired) electrons. The van der Waals surface area contributed by atoms with Gasteiger partial charge < -0.3 is 21.3 Å². The van der Waals surface area contributed by atoms with Crippen molar-refractivity contribution >= 4 is 23.5 Å². The second-order valence-electron chi connectivity index (χ2n) is 3.58. The quantitative estimate of drug-likeness (QED) is 0.542. The van der Waals surface area contributed by atoms with E-state index < -0.39 is 30.3 Å².